The number of aromatic nitrogens is 1. The molecule has 2 amide bonds. The van der Waals surface area contributed by atoms with Crippen molar-refractivity contribution in [3.63, 3.8) is 0 Å². The zero-order valence-corrected chi connectivity index (χ0v) is 18.0. The highest BCUT2D eigenvalue weighted by atomic mass is 16.2. The number of urea groups is 1. The van der Waals surface area contributed by atoms with Gasteiger partial charge in [0.15, 0.2) is 0 Å². The van der Waals surface area contributed by atoms with E-state index in [1.807, 2.05) is 19.4 Å². The van der Waals surface area contributed by atoms with Crippen LogP contribution in [0.15, 0.2) is 48.8 Å². The number of nitrogens with zero attached hydrogens (tertiary/aromatic N) is 3. The van der Waals surface area contributed by atoms with Crippen molar-refractivity contribution in [1.29, 1.82) is 0 Å². The van der Waals surface area contributed by atoms with Crippen LogP contribution in [-0.2, 0) is 13.0 Å². The maximum absolute atomic E-state index is 12.6. The third kappa shape index (κ3) is 6.57. The predicted molar refractivity (Wildman–Crippen MR) is 118 cm³/mol. The first-order valence-electron chi connectivity index (χ1n) is 10.7. The molecule has 1 aliphatic heterocycles. The van der Waals surface area contributed by atoms with Crippen LogP contribution in [0, 0.1) is 0 Å². The fourth-order valence-electron chi connectivity index (χ4n) is 3.78. The van der Waals surface area contributed by atoms with E-state index in [9.17, 15) is 4.79 Å². The molecule has 2 aromatic rings. The number of carbonyl (C=O) groups excluding carboxylic acids is 1. The molecule has 0 radical (unpaired) electrons. The second kappa shape index (κ2) is 10.4. The van der Waals surface area contributed by atoms with Crippen molar-refractivity contribution in [3.05, 3.63) is 65.5 Å². The molecule has 1 fully saturated rings. The van der Waals surface area contributed by atoms with E-state index in [0.717, 1.165) is 44.5 Å². The SMILES string of the molecule is CC(C)c1ccc(CN(C)C(=O)NC2CCN(CCc3ccncc3)CC2)cc1. The van der Waals surface area contributed by atoms with Crippen LogP contribution >= 0.6 is 0 Å². The Morgan fingerprint density at radius 1 is 1.10 bits per heavy atom. The average Bonchev–Trinajstić information content (AvgIpc) is 2.74. The van der Waals surface area contributed by atoms with Gasteiger partial charge in [0.2, 0.25) is 0 Å². The molecular formula is C24H34N4O. The average molecular weight is 395 g/mol. The summed E-state index contributed by atoms with van der Waals surface area (Å²) in [6, 6.07) is 13.0. The maximum Gasteiger partial charge on any atom is 0.317 e. The van der Waals surface area contributed by atoms with Gasteiger partial charge in [-0.05, 0) is 54.0 Å². The smallest absolute Gasteiger partial charge is 0.317 e. The topological polar surface area (TPSA) is 48.5 Å². The van der Waals surface area contributed by atoms with Crippen molar-refractivity contribution in [2.75, 3.05) is 26.7 Å². The van der Waals surface area contributed by atoms with Gasteiger partial charge in [0.1, 0.15) is 0 Å². The van der Waals surface area contributed by atoms with E-state index in [0.29, 0.717) is 12.5 Å². The quantitative estimate of drug-likeness (QED) is 0.771. The summed E-state index contributed by atoms with van der Waals surface area (Å²) in [7, 11) is 1.87. The Bertz CT molecular complexity index is 752. The number of amides is 2. The Kier molecular flexibility index (Phi) is 7.64. The van der Waals surface area contributed by atoms with Crippen LogP contribution in [0.2, 0.25) is 0 Å². The summed E-state index contributed by atoms with van der Waals surface area (Å²) in [5.74, 6) is 0.528. The Morgan fingerprint density at radius 3 is 2.38 bits per heavy atom. The number of likely N-dealkylation sites (tertiary alicyclic amines) is 1. The lowest BCUT2D eigenvalue weighted by Crippen LogP contribution is -2.48. The van der Waals surface area contributed by atoms with Crippen LogP contribution in [0.4, 0.5) is 4.79 Å². The molecule has 3 rings (SSSR count). The fourth-order valence-corrected chi connectivity index (χ4v) is 3.78. The van der Waals surface area contributed by atoms with Crippen LogP contribution in [0.25, 0.3) is 0 Å². The standard InChI is InChI=1S/C24H34N4O/c1-19(2)22-6-4-21(5-7-22)18-27(3)24(29)26-23-11-16-28(17-12-23)15-10-20-8-13-25-14-9-20/h4-9,13-14,19,23H,10-12,15-18H2,1-3H3,(H,26,29). The van der Waals surface area contributed by atoms with Crippen molar-refractivity contribution in [3.8, 4) is 0 Å². The van der Waals surface area contributed by atoms with Crippen molar-refractivity contribution in [2.24, 2.45) is 0 Å². The molecule has 5 heteroatoms. The van der Waals surface area contributed by atoms with Gasteiger partial charge in [0.05, 0.1) is 0 Å². The van der Waals surface area contributed by atoms with E-state index < -0.39 is 0 Å². The summed E-state index contributed by atoms with van der Waals surface area (Å²) >= 11 is 0. The number of pyridine rings is 1. The molecule has 0 unspecified atom stereocenters. The number of nitrogens with one attached hydrogen (secondary N) is 1. The normalized spacial score (nSPS) is 15.4. The lowest BCUT2D eigenvalue weighted by atomic mass is 10.0. The number of carbonyl (C=O) groups is 1. The molecule has 0 spiro atoms. The highest BCUT2D eigenvalue weighted by molar-refractivity contribution is 5.74. The third-order valence-corrected chi connectivity index (χ3v) is 5.79. The van der Waals surface area contributed by atoms with Crippen molar-refractivity contribution in [2.45, 2.75) is 51.6 Å². The van der Waals surface area contributed by atoms with Crippen molar-refractivity contribution >= 4 is 6.03 Å². The maximum atomic E-state index is 12.6. The van der Waals surface area contributed by atoms with E-state index in [4.69, 9.17) is 0 Å². The monoisotopic (exact) mass is 394 g/mol. The van der Waals surface area contributed by atoms with Crippen molar-refractivity contribution < 1.29 is 4.79 Å². The van der Waals surface area contributed by atoms with Gasteiger partial charge < -0.3 is 15.1 Å². The summed E-state index contributed by atoms with van der Waals surface area (Å²) in [4.78, 5) is 20.9. The highest BCUT2D eigenvalue weighted by Crippen LogP contribution is 2.16. The minimum absolute atomic E-state index is 0.0215. The van der Waals surface area contributed by atoms with Gasteiger partial charge in [-0.1, -0.05) is 38.1 Å². The number of hydrogen-bond donors (Lipinski definition) is 1. The molecule has 1 aliphatic rings. The van der Waals surface area contributed by atoms with E-state index in [1.165, 1.54) is 11.1 Å². The zero-order valence-electron chi connectivity index (χ0n) is 18.0. The first kappa shape index (κ1) is 21.3. The molecule has 1 N–H and O–H groups in total. The van der Waals surface area contributed by atoms with E-state index in [2.05, 4.69) is 65.4 Å². The lowest BCUT2D eigenvalue weighted by Gasteiger charge is -2.33. The van der Waals surface area contributed by atoms with Crippen molar-refractivity contribution in [1.82, 2.24) is 20.1 Å². The summed E-state index contributed by atoms with van der Waals surface area (Å²) < 4.78 is 0. The fraction of sp³-hybridized carbons (Fsp3) is 0.500. The second-order valence-electron chi connectivity index (χ2n) is 8.42. The molecule has 29 heavy (non-hydrogen) atoms. The van der Waals surface area contributed by atoms with Crippen LogP contribution < -0.4 is 5.32 Å². The summed E-state index contributed by atoms with van der Waals surface area (Å²) in [6.45, 7) is 8.16. The van der Waals surface area contributed by atoms with Crippen LogP contribution in [0.1, 0.15) is 49.3 Å². The van der Waals surface area contributed by atoms with Crippen LogP contribution in [0.5, 0.6) is 0 Å². The first-order chi connectivity index (χ1) is 14.0. The van der Waals surface area contributed by atoms with Gasteiger partial charge in [-0.15, -0.1) is 0 Å². The molecule has 156 valence electrons. The Balaban J connectivity index is 1.38. The van der Waals surface area contributed by atoms with Gasteiger partial charge >= 0.3 is 6.03 Å². The Morgan fingerprint density at radius 2 is 1.76 bits per heavy atom. The zero-order chi connectivity index (χ0) is 20.6. The van der Waals surface area contributed by atoms with Gasteiger partial charge in [-0.2, -0.15) is 0 Å². The molecule has 0 atom stereocenters. The summed E-state index contributed by atoms with van der Waals surface area (Å²) in [5.41, 5.74) is 3.83. The van der Waals surface area contributed by atoms with Gasteiger partial charge in [0, 0.05) is 51.7 Å². The largest absolute Gasteiger partial charge is 0.335 e. The molecular weight excluding hydrogens is 360 g/mol. The molecule has 1 aromatic carbocycles. The molecule has 2 heterocycles. The third-order valence-electron chi connectivity index (χ3n) is 5.79. The minimum Gasteiger partial charge on any atom is -0.335 e. The van der Waals surface area contributed by atoms with Gasteiger partial charge in [-0.25, -0.2) is 4.79 Å². The number of rotatable bonds is 7. The Labute approximate surface area is 175 Å². The van der Waals surface area contributed by atoms with Crippen LogP contribution in [0.3, 0.4) is 0 Å². The molecule has 5 nitrogen and oxygen atoms in total. The number of piperidine rings is 1. The molecule has 0 saturated carbocycles. The van der Waals surface area contributed by atoms with E-state index in [1.54, 1.807) is 4.90 Å². The van der Waals surface area contributed by atoms with Gasteiger partial charge in [-0.3, -0.25) is 4.98 Å². The van der Waals surface area contributed by atoms with E-state index >= 15 is 0 Å². The lowest BCUT2D eigenvalue weighted by molar-refractivity contribution is 0.177. The summed E-state index contributed by atoms with van der Waals surface area (Å²) in [5, 5.41) is 3.21. The van der Waals surface area contributed by atoms with E-state index in [-0.39, 0.29) is 12.1 Å². The highest BCUT2D eigenvalue weighted by Gasteiger charge is 2.21. The number of benzene rings is 1. The second-order valence-corrected chi connectivity index (χ2v) is 8.42. The summed E-state index contributed by atoms with van der Waals surface area (Å²) in [6.07, 6.45) is 6.79. The molecule has 1 aromatic heterocycles. The predicted octanol–water partition coefficient (Wildman–Crippen LogP) is 4.05. The first-order valence-corrected chi connectivity index (χ1v) is 10.7. The molecule has 0 aliphatic carbocycles. The minimum atomic E-state index is 0.0215. The molecule has 0 bridgehead atoms. The van der Waals surface area contributed by atoms with Gasteiger partial charge in [0.25, 0.3) is 0 Å². The molecule has 1 saturated heterocycles. The van der Waals surface area contributed by atoms with Crippen LogP contribution in [-0.4, -0.2) is 53.5 Å². The Hall–Kier alpha value is -2.40. The number of hydrogen-bond acceptors (Lipinski definition) is 3.